The van der Waals surface area contributed by atoms with Crippen molar-refractivity contribution in [2.24, 2.45) is 5.92 Å². The molecule has 2 rings (SSSR count). The van der Waals surface area contributed by atoms with Gasteiger partial charge in [-0.25, -0.2) is 9.97 Å². The Morgan fingerprint density at radius 3 is 2.86 bits per heavy atom. The predicted molar refractivity (Wildman–Crippen MR) is 49.9 cm³/mol. The SMILES string of the molecule is O=C(c1ccncn1)C1CCOCC1. The van der Waals surface area contributed by atoms with Crippen molar-refractivity contribution in [3.8, 4) is 0 Å². The number of Topliss-reactive ketones (excluding diaryl/α,β-unsaturated/α-hetero) is 1. The number of rotatable bonds is 2. The largest absolute Gasteiger partial charge is 0.381 e. The van der Waals surface area contributed by atoms with Crippen molar-refractivity contribution in [3.63, 3.8) is 0 Å². The van der Waals surface area contributed by atoms with Crippen LogP contribution in [0.4, 0.5) is 0 Å². The van der Waals surface area contributed by atoms with Crippen LogP contribution in [-0.4, -0.2) is 29.0 Å². The minimum Gasteiger partial charge on any atom is -0.381 e. The van der Waals surface area contributed by atoms with Gasteiger partial charge in [-0.2, -0.15) is 0 Å². The molecule has 1 fully saturated rings. The molecule has 0 bridgehead atoms. The summed E-state index contributed by atoms with van der Waals surface area (Å²) in [7, 11) is 0. The molecule has 1 aliphatic rings. The van der Waals surface area contributed by atoms with E-state index in [1.807, 2.05) is 0 Å². The fraction of sp³-hybridized carbons (Fsp3) is 0.500. The van der Waals surface area contributed by atoms with Crippen LogP contribution >= 0.6 is 0 Å². The zero-order valence-electron chi connectivity index (χ0n) is 7.85. The molecule has 14 heavy (non-hydrogen) atoms. The maximum Gasteiger partial charge on any atom is 0.184 e. The molecule has 4 heteroatoms. The molecule has 1 saturated heterocycles. The first-order chi connectivity index (χ1) is 6.88. The predicted octanol–water partition coefficient (Wildman–Crippen LogP) is 1.09. The molecule has 0 aromatic carbocycles. The number of hydrogen-bond donors (Lipinski definition) is 0. The molecule has 0 unspecified atom stereocenters. The summed E-state index contributed by atoms with van der Waals surface area (Å²) < 4.78 is 5.20. The Labute approximate surface area is 82.3 Å². The third-order valence-electron chi connectivity index (χ3n) is 2.43. The average Bonchev–Trinajstić information content (AvgIpc) is 2.30. The fourth-order valence-corrected chi connectivity index (χ4v) is 1.61. The molecule has 0 saturated carbocycles. The number of ether oxygens (including phenoxy) is 1. The Balaban J connectivity index is 2.07. The average molecular weight is 192 g/mol. The third kappa shape index (κ3) is 1.96. The maximum atomic E-state index is 11.9. The topological polar surface area (TPSA) is 52.1 Å². The van der Waals surface area contributed by atoms with Gasteiger partial charge in [0.05, 0.1) is 0 Å². The molecule has 0 aliphatic carbocycles. The fourth-order valence-electron chi connectivity index (χ4n) is 1.61. The van der Waals surface area contributed by atoms with Crippen molar-refractivity contribution in [2.45, 2.75) is 12.8 Å². The lowest BCUT2D eigenvalue weighted by atomic mass is 9.93. The number of carbonyl (C=O) groups is 1. The van der Waals surface area contributed by atoms with Crippen LogP contribution in [0.15, 0.2) is 18.6 Å². The van der Waals surface area contributed by atoms with E-state index in [9.17, 15) is 4.79 Å². The summed E-state index contributed by atoms with van der Waals surface area (Å²) in [5.41, 5.74) is 0.520. The molecule has 2 heterocycles. The van der Waals surface area contributed by atoms with Crippen LogP contribution in [-0.2, 0) is 4.74 Å². The second-order valence-corrected chi connectivity index (χ2v) is 3.35. The van der Waals surface area contributed by atoms with Crippen molar-refractivity contribution in [1.29, 1.82) is 0 Å². The number of carbonyl (C=O) groups excluding carboxylic acids is 1. The van der Waals surface area contributed by atoms with E-state index in [1.54, 1.807) is 12.3 Å². The van der Waals surface area contributed by atoms with Crippen LogP contribution < -0.4 is 0 Å². The third-order valence-corrected chi connectivity index (χ3v) is 2.43. The van der Waals surface area contributed by atoms with Gasteiger partial charge in [0, 0.05) is 25.3 Å². The summed E-state index contributed by atoms with van der Waals surface area (Å²) in [5, 5.41) is 0. The van der Waals surface area contributed by atoms with Gasteiger partial charge < -0.3 is 4.74 Å². The van der Waals surface area contributed by atoms with E-state index >= 15 is 0 Å². The highest BCUT2D eigenvalue weighted by Crippen LogP contribution is 2.18. The molecule has 0 amide bonds. The maximum absolute atomic E-state index is 11.9. The molecule has 4 nitrogen and oxygen atoms in total. The van der Waals surface area contributed by atoms with Gasteiger partial charge in [0.15, 0.2) is 5.78 Å². The minimum atomic E-state index is 0.0821. The highest BCUT2D eigenvalue weighted by molar-refractivity contribution is 5.95. The van der Waals surface area contributed by atoms with E-state index in [2.05, 4.69) is 9.97 Å². The first-order valence-electron chi connectivity index (χ1n) is 4.76. The van der Waals surface area contributed by atoms with Crippen molar-refractivity contribution < 1.29 is 9.53 Å². The van der Waals surface area contributed by atoms with Crippen molar-refractivity contribution in [3.05, 3.63) is 24.3 Å². The van der Waals surface area contributed by atoms with E-state index in [1.165, 1.54) is 6.33 Å². The van der Waals surface area contributed by atoms with Gasteiger partial charge in [-0.3, -0.25) is 4.79 Å². The summed E-state index contributed by atoms with van der Waals surface area (Å²) in [6.07, 6.45) is 4.62. The lowest BCUT2D eigenvalue weighted by Crippen LogP contribution is -2.24. The number of hydrogen-bond acceptors (Lipinski definition) is 4. The smallest absolute Gasteiger partial charge is 0.184 e. The van der Waals surface area contributed by atoms with Crippen LogP contribution in [0.1, 0.15) is 23.3 Å². The normalized spacial score (nSPS) is 18.0. The molecule has 0 radical (unpaired) electrons. The van der Waals surface area contributed by atoms with Crippen LogP contribution in [0.3, 0.4) is 0 Å². The Morgan fingerprint density at radius 1 is 1.43 bits per heavy atom. The lowest BCUT2D eigenvalue weighted by molar-refractivity contribution is 0.0541. The standard InChI is InChI=1S/C10H12N2O2/c13-10(8-2-5-14-6-3-8)9-1-4-11-7-12-9/h1,4,7-8H,2-3,5-6H2. The monoisotopic (exact) mass is 192 g/mol. The Bertz CT molecular complexity index is 307. The van der Waals surface area contributed by atoms with E-state index in [0.29, 0.717) is 18.9 Å². The molecule has 1 aromatic rings. The summed E-state index contributed by atoms with van der Waals surface area (Å²) in [4.78, 5) is 19.6. The molecule has 1 aromatic heterocycles. The van der Waals surface area contributed by atoms with Gasteiger partial charge in [0.2, 0.25) is 0 Å². The molecule has 0 atom stereocenters. The van der Waals surface area contributed by atoms with E-state index in [-0.39, 0.29) is 11.7 Å². The minimum absolute atomic E-state index is 0.0821. The Hall–Kier alpha value is -1.29. The highest BCUT2D eigenvalue weighted by atomic mass is 16.5. The zero-order chi connectivity index (χ0) is 9.80. The molecular weight excluding hydrogens is 180 g/mol. The van der Waals surface area contributed by atoms with Crippen molar-refractivity contribution >= 4 is 5.78 Å². The zero-order valence-corrected chi connectivity index (χ0v) is 7.85. The summed E-state index contributed by atoms with van der Waals surface area (Å²) in [5.74, 6) is 0.203. The Kier molecular flexibility index (Phi) is 2.84. The summed E-state index contributed by atoms with van der Waals surface area (Å²) >= 11 is 0. The van der Waals surface area contributed by atoms with E-state index < -0.39 is 0 Å². The summed E-state index contributed by atoms with van der Waals surface area (Å²) in [6, 6.07) is 1.66. The van der Waals surface area contributed by atoms with Crippen LogP contribution in [0.25, 0.3) is 0 Å². The molecule has 1 aliphatic heterocycles. The van der Waals surface area contributed by atoms with E-state index in [4.69, 9.17) is 4.74 Å². The van der Waals surface area contributed by atoms with Crippen LogP contribution in [0.2, 0.25) is 0 Å². The van der Waals surface area contributed by atoms with Crippen molar-refractivity contribution in [2.75, 3.05) is 13.2 Å². The number of ketones is 1. The highest BCUT2D eigenvalue weighted by Gasteiger charge is 2.23. The second-order valence-electron chi connectivity index (χ2n) is 3.35. The van der Waals surface area contributed by atoms with Gasteiger partial charge in [-0.05, 0) is 18.9 Å². The molecular formula is C10H12N2O2. The molecule has 0 spiro atoms. The van der Waals surface area contributed by atoms with Gasteiger partial charge in [-0.1, -0.05) is 0 Å². The number of nitrogens with zero attached hydrogens (tertiary/aromatic N) is 2. The Morgan fingerprint density at radius 2 is 2.21 bits per heavy atom. The molecule has 0 N–H and O–H groups in total. The quantitative estimate of drug-likeness (QED) is 0.658. The van der Waals surface area contributed by atoms with Crippen LogP contribution in [0.5, 0.6) is 0 Å². The van der Waals surface area contributed by atoms with Gasteiger partial charge in [0.25, 0.3) is 0 Å². The van der Waals surface area contributed by atoms with Gasteiger partial charge in [-0.15, -0.1) is 0 Å². The lowest BCUT2D eigenvalue weighted by Gasteiger charge is -2.20. The van der Waals surface area contributed by atoms with Gasteiger partial charge in [0.1, 0.15) is 12.0 Å². The second kappa shape index (κ2) is 4.28. The number of aromatic nitrogens is 2. The summed E-state index contributed by atoms with van der Waals surface area (Å²) in [6.45, 7) is 1.36. The van der Waals surface area contributed by atoms with E-state index in [0.717, 1.165) is 12.8 Å². The first-order valence-corrected chi connectivity index (χ1v) is 4.76. The molecule has 74 valence electrons. The van der Waals surface area contributed by atoms with Crippen molar-refractivity contribution in [1.82, 2.24) is 9.97 Å². The first kappa shape index (κ1) is 9.27. The van der Waals surface area contributed by atoms with Crippen LogP contribution in [0, 0.1) is 5.92 Å². The van der Waals surface area contributed by atoms with Gasteiger partial charge >= 0.3 is 0 Å².